The lowest BCUT2D eigenvalue weighted by Gasteiger charge is -2.16. The van der Waals surface area contributed by atoms with E-state index in [0.717, 1.165) is 36.4 Å². The first-order chi connectivity index (χ1) is 11.5. The summed E-state index contributed by atoms with van der Waals surface area (Å²) in [4.78, 5) is 14.6. The first-order valence-electron chi connectivity index (χ1n) is 7.94. The molecule has 0 saturated heterocycles. The molecule has 1 aliphatic carbocycles. The molecule has 1 aliphatic rings. The fourth-order valence-corrected chi connectivity index (χ4v) is 2.51. The Labute approximate surface area is 140 Å². The Kier molecular flexibility index (Phi) is 4.48. The normalized spacial score (nSPS) is 15.3. The molecule has 1 aromatic heterocycles. The van der Waals surface area contributed by atoms with Gasteiger partial charge in [-0.15, -0.1) is 5.10 Å². The fraction of sp³-hybridized carbons (Fsp3) is 0.500. The molecule has 1 heterocycles. The summed E-state index contributed by atoms with van der Waals surface area (Å²) in [6.07, 6.45) is 2.97. The second-order valence-corrected chi connectivity index (χ2v) is 6.37. The Morgan fingerprint density at radius 1 is 1.42 bits per heavy atom. The maximum Gasteiger partial charge on any atom is 0.252 e. The van der Waals surface area contributed by atoms with Crippen LogP contribution in [-0.2, 0) is 10.3 Å². The number of hydrogen-bond donors (Lipinski definition) is 1. The molecule has 0 bridgehead atoms. The molecular formula is C16H22N6O2. The smallest absolute Gasteiger partial charge is 0.252 e. The Morgan fingerprint density at radius 2 is 2.21 bits per heavy atom. The molecule has 1 fully saturated rings. The first-order valence-corrected chi connectivity index (χ1v) is 7.94. The summed E-state index contributed by atoms with van der Waals surface area (Å²) in [6, 6.07) is 5.65. The zero-order chi connectivity index (χ0) is 17.2. The summed E-state index contributed by atoms with van der Waals surface area (Å²) in [5.74, 6) is 0.743. The second-order valence-electron chi connectivity index (χ2n) is 6.37. The third kappa shape index (κ3) is 3.38. The van der Waals surface area contributed by atoms with Crippen molar-refractivity contribution < 1.29 is 9.53 Å². The van der Waals surface area contributed by atoms with Gasteiger partial charge in [-0.3, -0.25) is 4.79 Å². The molecular weight excluding hydrogens is 308 g/mol. The van der Waals surface area contributed by atoms with Crippen molar-refractivity contribution in [3.63, 3.8) is 0 Å². The highest BCUT2D eigenvalue weighted by Gasteiger charge is 2.53. The van der Waals surface area contributed by atoms with E-state index in [2.05, 4.69) is 25.7 Å². The molecule has 1 amide bonds. The maximum atomic E-state index is 12.6. The standard InChI is InChI=1S/C16H22N6O2/c1-12-10-13(4-5-14(12)24-9-8-21(2)3)18-15(23)16(6-7-16)22-11-17-19-20-22/h4-5,10-11H,6-9H2,1-3H3,(H,18,23). The van der Waals surface area contributed by atoms with Gasteiger partial charge in [-0.1, -0.05) is 0 Å². The molecule has 2 aromatic rings. The van der Waals surface area contributed by atoms with E-state index in [-0.39, 0.29) is 5.91 Å². The van der Waals surface area contributed by atoms with Gasteiger partial charge in [0.25, 0.3) is 5.91 Å². The highest BCUT2D eigenvalue weighted by molar-refractivity contribution is 5.98. The van der Waals surface area contributed by atoms with Crippen molar-refractivity contribution in [2.24, 2.45) is 0 Å². The minimum atomic E-state index is -0.641. The van der Waals surface area contributed by atoms with Crippen molar-refractivity contribution in [1.29, 1.82) is 0 Å². The molecule has 1 aromatic carbocycles. The van der Waals surface area contributed by atoms with Crippen LogP contribution in [0.25, 0.3) is 0 Å². The number of nitrogens with one attached hydrogen (secondary N) is 1. The van der Waals surface area contributed by atoms with Crippen molar-refractivity contribution in [3.05, 3.63) is 30.1 Å². The van der Waals surface area contributed by atoms with Gasteiger partial charge in [-0.2, -0.15) is 0 Å². The topological polar surface area (TPSA) is 85.2 Å². The van der Waals surface area contributed by atoms with Crippen LogP contribution in [0.5, 0.6) is 5.75 Å². The van der Waals surface area contributed by atoms with E-state index in [1.807, 2.05) is 39.2 Å². The zero-order valence-corrected chi connectivity index (χ0v) is 14.2. The number of tetrazole rings is 1. The number of hydrogen-bond acceptors (Lipinski definition) is 6. The number of ether oxygens (including phenoxy) is 1. The quantitative estimate of drug-likeness (QED) is 0.817. The van der Waals surface area contributed by atoms with E-state index in [4.69, 9.17) is 4.74 Å². The van der Waals surface area contributed by atoms with Gasteiger partial charge >= 0.3 is 0 Å². The van der Waals surface area contributed by atoms with Gasteiger partial charge in [0.1, 0.15) is 24.2 Å². The van der Waals surface area contributed by atoms with Crippen LogP contribution >= 0.6 is 0 Å². The average molecular weight is 330 g/mol. The van der Waals surface area contributed by atoms with Crippen LogP contribution in [0.4, 0.5) is 5.69 Å². The minimum absolute atomic E-state index is 0.0875. The van der Waals surface area contributed by atoms with Gasteiger partial charge in [0, 0.05) is 12.2 Å². The van der Waals surface area contributed by atoms with Gasteiger partial charge in [0.2, 0.25) is 0 Å². The van der Waals surface area contributed by atoms with E-state index in [0.29, 0.717) is 6.61 Å². The lowest BCUT2D eigenvalue weighted by molar-refractivity contribution is -0.120. The highest BCUT2D eigenvalue weighted by atomic mass is 16.5. The van der Waals surface area contributed by atoms with Crippen molar-refractivity contribution in [2.75, 3.05) is 32.6 Å². The van der Waals surface area contributed by atoms with Crippen LogP contribution in [0.1, 0.15) is 18.4 Å². The predicted octanol–water partition coefficient (Wildman–Crippen LogP) is 1.05. The zero-order valence-electron chi connectivity index (χ0n) is 14.2. The average Bonchev–Trinajstić information content (AvgIpc) is 3.16. The molecule has 0 aliphatic heterocycles. The van der Waals surface area contributed by atoms with Crippen LogP contribution in [0, 0.1) is 6.92 Å². The number of carbonyl (C=O) groups is 1. The fourth-order valence-electron chi connectivity index (χ4n) is 2.51. The van der Waals surface area contributed by atoms with E-state index in [1.54, 1.807) is 0 Å². The Hall–Kier alpha value is -2.48. The lowest BCUT2D eigenvalue weighted by Crippen LogP contribution is -2.33. The number of benzene rings is 1. The molecule has 1 N–H and O–H groups in total. The van der Waals surface area contributed by atoms with Gasteiger partial charge < -0.3 is 15.0 Å². The number of aryl methyl sites for hydroxylation is 1. The summed E-state index contributed by atoms with van der Waals surface area (Å²) < 4.78 is 7.30. The minimum Gasteiger partial charge on any atom is -0.492 e. The Bertz CT molecular complexity index is 709. The number of aromatic nitrogens is 4. The Balaban J connectivity index is 1.64. The molecule has 24 heavy (non-hydrogen) atoms. The van der Waals surface area contributed by atoms with Crippen LogP contribution in [0.2, 0.25) is 0 Å². The number of anilines is 1. The van der Waals surface area contributed by atoms with Crippen molar-refractivity contribution in [3.8, 4) is 5.75 Å². The highest BCUT2D eigenvalue weighted by Crippen LogP contribution is 2.43. The summed E-state index contributed by atoms with van der Waals surface area (Å²) in [7, 11) is 4.01. The van der Waals surface area contributed by atoms with Crippen molar-refractivity contribution in [2.45, 2.75) is 25.3 Å². The monoisotopic (exact) mass is 330 g/mol. The van der Waals surface area contributed by atoms with Crippen LogP contribution in [-0.4, -0.2) is 58.3 Å². The number of likely N-dealkylation sites (N-methyl/N-ethyl adjacent to an activating group) is 1. The first kappa shape index (κ1) is 16.4. The molecule has 8 heteroatoms. The summed E-state index contributed by atoms with van der Waals surface area (Å²) in [6.45, 7) is 3.45. The Morgan fingerprint density at radius 3 is 2.79 bits per heavy atom. The summed E-state index contributed by atoms with van der Waals surface area (Å²) in [5, 5.41) is 14.1. The van der Waals surface area contributed by atoms with E-state index < -0.39 is 5.54 Å². The SMILES string of the molecule is Cc1cc(NC(=O)C2(n3cnnn3)CC2)ccc1OCCN(C)C. The largest absolute Gasteiger partial charge is 0.492 e. The molecule has 1 saturated carbocycles. The van der Waals surface area contributed by atoms with Crippen LogP contribution < -0.4 is 10.1 Å². The molecule has 128 valence electrons. The predicted molar refractivity (Wildman–Crippen MR) is 88.9 cm³/mol. The van der Waals surface area contributed by atoms with E-state index in [9.17, 15) is 4.79 Å². The van der Waals surface area contributed by atoms with Crippen molar-refractivity contribution >= 4 is 11.6 Å². The summed E-state index contributed by atoms with van der Waals surface area (Å²) >= 11 is 0. The van der Waals surface area contributed by atoms with Gasteiger partial charge in [-0.25, -0.2) is 4.68 Å². The van der Waals surface area contributed by atoms with E-state index in [1.165, 1.54) is 11.0 Å². The molecule has 8 nitrogen and oxygen atoms in total. The molecule has 0 atom stereocenters. The molecule has 0 radical (unpaired) electrons. The van der Waals surface area contributed by atoms with Crippen LogP contribution in [0.3, 0.4) is 0 Å². The summed E-state index contributed by atoms with van der Waals surface area (Å²) in [5.41, 5.74) is 1.09. The lowest BCUT2D eigenvalue weighted by atomic mass is 10.2. The molecule has 3 rings (SSSR count). The molecule has 0 unspecified atom stereocenters. The second kappa shape index (κ2) is 6.56. The maximum absolute atomic E-state index is 12.6. The van der Waals surface area contributed by atoms with Gasteiger partial charge in [0.05, 0.1) is 0 Å². The molecule has 0 spiro atoms. The van der Waals surface area contributed by atoms with Crippen LogP contribution in [0.15, 0.2) is 24.5 Å². The number of rotatable bonds is 7. The van der Waals surface area contributed by atoms with Gasteiger partial charge in [0.15, 0.2) is 0 Å². The van der Waals surface area contributed by atoms with Gasteiger partial charge in [-0.05, 0) is 68.1 Å². The number of carbonyl (C=O) groups excluding carboxylic acids is 1. The number of amides is 1. The van der Waals surface area contributed by atoms with Crippen molar-refractivity contribution in [1.82, 2.24) is 25.1 Å². The van der Waals surface area contributed by atoms with E-state index >= 15 is 0 Å². The number of nitrogens with zero attached hydrogens (tertiary/aromatic N) is 5. The third-order valence-corrected chi connectivity index (χ3v) is 4.16. The third-order valence-electron chi connectivity index (χ3n) is 4.16.